The van der Waals surface area contributed by atoms with E-state index in [0.29, 0.717) is 30.4 Å². The van der Waals surface area contributed by atoms with E-state index in [1.807, 2.05) is 13.0 Å². The van der Waals surface area contributed by atoms with Crippen LogP contribution in [0.15, 0.2) is 36.4 Å². The number of rotatable bonds is 7. The molecule has 8 nitrogen and oxygen atoms in total. The number of carbonyl (C=O) groups is 1. The van der Waals surface area contributed by atoms with E-state index in [2.05, 4.69) is 30.6 Å². The lowest BCUT2D eigenvalue weighted by Crippen LogP contribution is -2.30. The van der Waals surface area contributed by atoms with Crippen LogP contribution in [0.5, 0.6) is 0 Å². The molecule has 1 saturated heterocycles. The lowest BCUT2D eigenvalue weighted by molar-refractivity contribution is 0.0945. The van der Waals surface area contributed by atoms with Crippen molar-refractivity contribution in [2.24, 2.45) is 7.05 Å². The molecule has 31 heavy (non-hydrogen) atoms. The highest BCUT2D eigenvalue weighted by atomic mass is 19.1. The zero-order chi connectivity index (χ0) is 21.8. The predicted octanol–water partition coefficient (Wildman–Crippen LogP) is 2.77. The van der Waals surface area contributed by atoms with Gasteiger partial charge in [-0.2, -0.15) is 10.1 Å². The van der Waals surface area contributed by atoms with Gasteiger partial charge in [-0.25, -0.2) is 9.37 Å². The molecule has 4 rings (SSSR count). The van der Waals surface area contributed by atoms with Gasteiger partial charge in [0.2, 0.25) is 5.95 Å². The van der Waals surface area contributed by atoms with Crippen molar-refractivity contribution in [3.8, 4) is 11.3 Å². The predicted molar refractivity (Wildman–Crippen MR) is 118 cm³/mol. The molecular formula is C22H26FN7O. The zero-order valence-corrected chi connectivity index (χ0v) is 17.7. The third kappa shape index (κ3) is 4.99. The summed E-state index contributed by atoms with van der Waals surface area (Å²) in [6.07, 6.45) is 2.38. The lowest BCUT2D eigenvalue weighted by atomic mass is 10.1. The monoisotopic (exact) mass is 423 g/mol. The fourth-order valence-electron chi connectivity index (χ4n) is 3.62. The van der Waals surface area contributed by atoms with E-state index < -0.39 is 0 Å². The SMILES string of the molecule is Cc1cc(N2CCCC2)nc(NCCNC(=O)c2cc(-c3ccc(F)cc3)nn2C)n1. The van der Waals surface area contributed by atoms with Crippen LogP contribution in [-0.4, -0.2) is 51.8 Å². The Labute approximate surface area is 180 Å². The van der Waals surface area contributed by atoms with Gasteiger partial charge in [-0.1, -0.05) is 0 Å². The van der Waals surface area contributed by atoms with Gasteiger partial charge in [-0.15, -0.1) is 0 Å². The second-order valence-corrected chi connectivity index (χ2v) is 7.61. The van der Waals surface area contributed by atoms with E-state index in [-0.39, 0.29) is 11.7 Å². The Morgan fingerprint density at radius 2 is 1.84 bits per heavy atom. The minimum absolute atomic E-state index is 0.229. The largest absolute Gasteiger partial charge is 0.356 e. The van der Waals surface area contributed by atoms with Gasteiger partial charge < -0.3 is 15.5 Å². The number of nitrogens with one attached hydrogen (secondary N) is 2. The van der Waals surface area contributed by atoms with Crippen molar-refractivity contribution in [2.75, 3.05) is 36.4 Å². The number of anilines is 2. The number of benzene rings is 1. The molecule has 1 amide bonds. The van der Waals surface area contributed by atoms with Crippen LogP contribution in [-0.2, 0) is 7.05 Å². The van der Waals surface area contributed by atoms with E-state index in [0.717, 1.165) is 30.2 Å². The molecule has 3 aromatic rings. The number of nitrogens with zero attached hydrogens (tertiary/aromatic N) is 5. The molecule has 2 N–H and O–H groups in total. The fraction of sp³-hybridized carbons (Fsp3) is 0.364. The molecule has 1 aliphatic rings. The molecule has 0 radical (unpaired) electrons. The lowest BCUT2D eigenvalue weighted by Gasteiger charge is -2.17. The summed E-state index contributed by atoms with van der Waals surface area (Å²) in [6.45, 7) is 4.91. The summed E-state index contributed by atoms with van der Waals surface area (Å²) in [7, 11) is 1.71. The summed E-state index contributed by atoms with van der Waals surface area (Å²) >= 11 is 0. The maximum Gasteiger partial charge on any atom is 0.269 e. The number of halogens is 1. The first-order valence-corrected chi connectivity index (χ1v) is 10.4. The molecule has 1 fully saturated rings. The molecule has 1 aliphatic heterocycles. The molecule has 0 unspecified atom stereocenters. The molecule has 9 heteroatoms. The van der Waals surface area contributed by atoms with Gasteiger partial charge in [-0.3, -0.25) is 9.48 Å². The molecule has 3 heterocycles. The van der Waals surface area contributed by atoms with Gasteiger partial charge >= 0.3 is 0 Å². The Hall–Kier alpha value is -3.49. The molecule has 1 aromatic carbocycles. The van der Waals surface area contributed by atoms with Gasteiger partial charge in [-0.05, 0) is 50.1 Å². The van der Waals surface area contributed by atoms with Gasteiger partial charge in [0.1, 0.15) is 17.3 Å². The van der Waals surface area contributed by atoms with Crippen molar-refractivity contribution in [3.63, 3.8) is 0 Å². The highest BCUT2D eigenvalue weighted by molar-refractivity contribution is 5.93. The van der Waals surface area contributed by atoms with Crippen molar-refractivity contribution < 1.29 is 9.18 Å². The van der Waals surface area contributed by atoms with Gasteiger partial charge in [0.25, 0.3) is 5.91 Å². The smallest absolute Gasteiger partial charge is 0.269 e. The summed E-state index contributed by atoms with van der Waals surface area (Å²) < 4.78 is 14.6. The van der Waals surface area contributed by atoms with Gasteiger partial charge in [0.15, 0.2) is 0 Å². The summed E-state index contributed by atoms with van der Waals surface area (Å²) in [5, 5.41) is 10.4. The summed E-state index contributed by atoms with van der Waals surface area (Å²) in [5.74, 6) is 0.971. The van der Waals surface area contributed by atoms with Gasteiger partial charge in [0.05, 0.1) is 5.69 Å². The first-order valence-electron chi connectivity index (χ1n) is 10.4. The highest BCUT2D eigenvalue weighted by Crippen LogP contribution is 2.20. The topological polar surface area (TPSA) is 88.0 Å². The Balaban J connectivity index is 1.32. The van der Waals surface area contributed by atoms with Crippen molar-refractivity contribution in [1.82, 2.24) is 25.1 Å². The Kier molecular flexibility index (Phi) is 6.11. The molecule has 0 atom stereocenters. The molecule has 0 bridgehead atoms. The quantitative estimate of drug-likeness (QED) is 0.568. The van der Waals surface area contributed by atoms with Crippen molar-refractivity contribution in [3.05, 3.63) is 53.6 Å². The number of hydrogen-bond acceptors (Lipinski definition) is 6. The number of carbonyl (C=O) groups excluding carboxylic acids is 1. The van der Waals surface area contributed by atoms with E-state index in [1.165, 1.54) is 29.7 Å². The molecular weight excluding hydrogens is 397 g/mol. The Bertz CT molecular complexity index is 1060. The average molecular weight is 423 g/mol. The van der Waals surface area contributed by atoms with Crippen molar-refractivity contribution in [1.29, 1.82) is 0 Å². The molecule has 162 valence electrons. The van der Waals surface area contributed by atoms with E-state index in [4.69, 9.17) is 0 Å². The molecule has 0 saturated carbocycles. The Morgan fingerprint density at radius 3 is 2.58 bits per heavy atom. The number of amides is 1. The van der Waals surface area contributed by atoms with Crippen LogP contribution in [0, 0.1) is 12.7 Å². The third-order valence-electron chi connectivity index (χ3n) is 5.22. The van der Waals surface area contributed by atoms with Crippen LogP contribution in [0.3, 0.4) is 0 Å². The Morgan fingerprint density at radius 1 is 1.10 bits per heavy atom. The summed E-state index contributed by atoms with van der Waals surface area (Å²) in [6, 6.07) is 9.72. The molecule has 0 spiro atoms. The van der Waals surface area contributed by atoms with Crippen LogP contribution in [0.4, 0.5) is 16.2 Å². The minimum atomic E-state index is -0.310. The van der Waals surface area contributed by atoms with Gasteiger partial charge in [0, 0.05) is 50.6 Å². The van der Waals surface area contributed by atoms with Crippen molar-refractivity contribution >= 4 is 17.7 Å². The minimum Gasteiger partial charge on any atom is -0.356 e. The normalized spacial score (nSPS) is 13.5. The van der Waals surface area contributed by atoms with Crippen LogP contribution in [0.25, 0.3) is 11.3 Å². The van der Waals surface area contributed by atoms with Crippen LogP contribution in [0.1, 0.15) is 29.0 Å². The third-order valence-corrected chi connectivity index (χ3v) is 5.22. The van der Waals surface area contributed by atoms with Crippen LogP contribution >= 0.6 is 0 Å². The first kappa shape index (κ1) is 20.8. The highest BCUT2D eigenvalue weighted by Gasteiger charge is 2.16. The number of aromatic nitrogens is 4. The first-order chi connectivity index (χ1) is 15.0. The second kappa shape index (κ2) is 9.11. The standard InChI is InChI=1S/C22H26FN7O/c1-15-13-20(30-11-3-4-12-30)27-22(26-15)25-10-9-24-21(31)19-14-18(28-29(19)2)16-5-7-17(23)8-6-16/h5-8,13-14H,3-4,9-12H2,1-2H3,(H,24,31)(H,25,26,27). The van der Waals surface area contributed by atoms with Crippen molar-refractivity contribution in [2.45, 2.75) is 19.8 Å². The maximum absolute atomic E-state index is 13.1. The van der Waals surface area contributed by atoms with E-state index in [1.54, 1.807) is 25.2 Å². The zero-order valence-electron chi connectivity index (χ0n) is 17.7. The van der Waals surface area contributed by atoms with E-state index in [9.17, 15) is 9.18 Å². The fourth-order valence-corrected chi connectivity index (χ4v) is 3.62. The maximum atomic E-state index is 13.1. The number of hydrogen-bond donors (Lipinski definition) is 2. The van der Waals surface area contributed by atoms with Crippen LogP contribution < -0.4 is 15.5 Å². The summed E-state index contributed by atoms with van der Waals surface area (Å²) in [4.78, 5) is 23.9. The average Bonchev–Trinajstić information content (AvgIpc) is 3.41. The molecule has 2 aromatic heterocycles. The second-order valence-electron chi connectivity index (χ2n) is 7.61. The number of aryl methyl sites for hydroxylation is 2. The molecule has 0 aliphatic carbocycles. The van der Waals surface area contributed by atoms with E-state index >= 15 is 0 Å². The summed E-state index contributed by atoms with van der Waals surface area (Å²) in [5.41, 5.74) is 2.71. The van der Waals surface area contributed by atoms with Crippen LogP contribution in [0.2, 0.25) is 0 Å².